The highest BCUT2D eigenvalue weighted by Crippen LogP contribution is 2.33. The van der Waals surface area contributed by atoms with E-state index in [-0.39, 0.29) is 29.2 Å². The molecule has 3 nitrogen and oxygen atoms in total. The zero-order chi connectivity index (χ0) is 14.0. The second-order valence-electron chi connectivity index (χ2n) is 4.33. The highest BCUT2D eigenvalue weighted by molar-refractivity contribution is 6.30. The maximum absolute atomic E-state index is 12.0. The van der Waals surface area contributed by atoms with E-state index in [0.717, 1.165) is 0 Å². The van der Waals surface area contributed by atoms with E-state index in [1.807, 2.05) is 0 Å². The Hall–Kier alpha value is -1.01. The smallest absolute Gasteiger partial charge is 0.385 e. The number of aromatic nitrogens is 1. The first-order chi connectivity index (χ1) is 8.12. The maximum atomic E-state index is 12.0. The summed E-state index contributed by atoms with van der Waals surface area (Å²) in [5, 5.41) is 10.4. The molecular weight excluding hydrogens is 269 g/mol. The topological polar surface area (TPSA) is 59.1 Å². The molecule has 1 aromatic heterocycles. The predicted octanol–water partition coefficient (Wildman–Crippen LogP) is 3.26. The minimum atomic E-state index is -4.23. The van der Waals surface area contributed by atoms with Gasteiger partial charge in [0.2, 0.25) is 0 Å². The quantitative estimate of drug-likeness (QED) is 0.891. The normalized spacial score (nSPS) is 15.4. The van der Waals surface area contributed by atoms with Gasteiger partial charge in [0.05, 0.1) is 10.6 Å². The van der Waals surface area contributed by atoms with Gasteiger partial charge in [-0.3, -0.25) is 0 Å². The number of hydrogen-bond acceptors (Lipinski definition) is 3. The molecule has 0 amide bonds. The fourth-order valence-electron chi connectivity index (χ4n) is 1.65. The fraction of sp³-hybridized carbons (Fsp3) is 0.545. The van der Waals surface area contributed by atoms with E-state index in [1.54, 1.807) is 0 Å². The van der Waals surface area contributed by atoms with Gasteiger partial charge in [-0.05, 0) is 25.8 Å². The van der Waals surface area contributed by atoms with Gasteiger partial charge in [-0.1, -0.05) is 11.6 Å². The van der Waals surface area contributed by atoms with Crippen molar-refractivity contribution >= 4 is 17.4 Å². The molecular formula is C11H14ClF3N2O. The summed E-state index contributed by atoms with van der Waals surface area (Å²) in [6.07, 6.45) is -4.13. The molecule has 0 bridgehead atoms. The zero-order valence-electron chi connectivity index (χ0n) is 9.76. The van der Waals surface area contributed by atoms with Crippen LogP contribution in [-0.2, 0) is 5.60 Å². The van der Waals surface area contributed by atoms with Crippen LogP contribution in [-0.4, -0.2) is 16.3 Å². The van der Waals surface area contributed by atoms with E-state index >= 15 is 0 Å². The first-order valence-corrected chi connectivity index (χ1v) is 5.70. The third-order valence-corrected chi connectivity index (χ3v) is 2.80. The number of nitrogens with zero attached hydrogens (tertiary/aromatic N) is 1. The lowest BCUT2D eigenvalue weighted by Crippen LogP contribution is -2.24. The number of alkyl halides is 3. The molecule has 0 saturated carbocycles. The van der Waals surface area contributed by atoms with Crippen LogP contribution in [0.3, 0.4) is 0 Å². The van der Waals surface area contributed by atoms with Crippen LogP contribution in [0, 0.1) is 0 Å². The van der Waals surface area contributed by atoms with E-state index in [1.165, 1.54) is 19.2 Å². The van der Waals surface area contributed by atoms with Crippen molar-refractivity contribution in [3.63, 3.8) is 0 Å². The monoisotopic (exact) mass is 282 g/mol. The number of rotatable bonds is 4. The van der Waals surface area contributed by atoms with Gasteiger partial charge in [-0.25, -0.2) is 4.98 Å². The van der Waals surface area contributed by atoms with Gasteiger partial charge in [0, 0.05) is 18.2 Å². The summed E-state index contributed by atoms with van der Waals surface area (Å²) in [4.78, 5) is 3.77. The Morgan fingerprint density at radius 3 is 2.56 bits per heavy atom. The van der Waals surface area contributed by atoms with Crippen LogP contribution in [0.15, 0.2) is 12.3 Å². The Morgan fingerprint density at radius 1 is 1.39 bits per heavy atom. The number of aliphatic hydroxyl groups is 1. The Morgan fingerprint density at radius 2 is 2.00 bits per heavy atom. The van der Waals surface area contributed by atoms with Gasteiger partial charge in [0.15, 0.2) is 0 Å². The van der Waals surface area contributed by atoms with Crippen LogP contribution in [0.5, 0.6) is 0 Å². The molecule has 0 aromatic carbocycles. The summed E-state index contributed by atoms with van der Waals surface area (Å²) in [7, 11) is 0. The summed E-state index contributed by atoms with van der Waals surface area (Å²) in [5.74, 6) is 0.0661. The summed E-state index contributed by atoms with van der Waals surface area (Å²) in [6.45, 7) is 1.40. The molecule has 0 aliphatic carbocycles. The lowest BCUT2D eigenvalue weighted by molar-refractivity contribution is -0.137. The Labute approximate surface area is 108 Å². The standard InChI is InChI=1S/C11H14ClF3N2O/c1-10(18,3-2-4-11(13,14)15)8-5-7(12)6-17-9(8)16/h5-6,18H,2-4H2,1H3,(H2,16,17). The number of halogens is 4. The SMILES string of the molecule is CC(O)(CCCC(F)(F)F)c1cc(Cl)cnc1N. The molecule has 1 unspecified atom stereocenters. The van der Waals surface area contributed by atoms with Crippen LogP contribution in [0.4, 0.5) is 19.0 Å². The molecule has 0 aliphatic heterocycles. The maximum Gasteiger partial charge on any atom is 0.389 e. The van der Waals surface area contributed by atoms with Crippen molar-refractivity contribution < 1.29 is 18.3 Å². The summed E-state index contributed by atoms with van der Waals surface area (Å²) in [5.41, 5.74) is 4.35. The molecule has 0 fully saturated rings. The minimum Gasteiger partial charge on any atom is -0.385 e. The molecule has 1 heterocycles. The van der Waals surface area contributed by atoms with Crippen LogP contribution in [0.25, 0.3) is 0 Å². The average Bonchev–Trinajstić information content (AvgIpc) is 2.19. The van der Waals surface area contributed by atoms with E-state index in [4.69, 9.17) is 17.3 Å². The van der Waals surface area contributed by atoms with E-state index < -0.39 is 18.2 Å². The van der Waals surface area contributed by atoms with E-state index in [2.05, 4.69) is 4.98 Å². The lowest BCUT2D eigenvalue weighted by Gasteiger charge is -2.25. The van der Waals surface area contributed by atoms with Crippen molar-refractivity contribution in [2.45, 2.75) is 38.0 Å². The summed E-state index contributed by atoms with van der Waals surface area (Å²) < 4.78 is 36.1. The molecule has 7 heteroatoms. The van der Waals surface area contributed by atoms with Crippen molar-refractivity contribution in [2.75, 3.05) is 5.73 Å². The largest absolute Gasteiger partial charge is 0.389 e. The third-order valence-electron chi connectivity index (χ3n) is 2.59. The van der Waals surface area contributed by atoms with Gasteiger partial charge in [-0.2, -0.15) is 13.2 Å². The third kappa shape index (κ3) is 4.34. The molecule has 1 atom stereocenters. The van der Waals surface area contributed by atoms with Crippen molar-refractivity contribution in [2.24, 2.45) is 0 Å². The van der Waals surface area contributed by atoms with Gasteiger partial charge < -0.3 is 10.8 Å². The average molecular weight is 283 g/mol. The van der Waals surface area contributed by atoms with Crippen molar-refractivity contribution in [1.82, 2.24) is 4.98 Å². The molecule has 0 saturated heterocycles. The van der Waals surface area contributed by atoms with E-state index in [0.29, 0.717) is 0 Å². The molecule has 0 radical (unpaired) electrons. The molecule has 102 valence electrons. The highest BCUT2D eigenvalue weighted by Gasteiger charge is 2.31. The molecule has 1 rings (SSSR count). The highest BCUT2D eigenvalue weighted by atomic mass is 35.5. The number of nitrogen functional groups attached to an aromatic ring is 1. The molecule has 0 aliphatic rings. The van der Waals surface area contributed by atoms with Crippen molar-refractivity contribution in [1.29, 1.82) is 0 Å². The number of nitrogens with two attached hydrogens (primary N) is 1. The first kappa shape index (κ1) is 15.0. The van der Waals surface area contributed by atoms with Crippen molar-refractivity contribution in [3.05, 3.63) is 22.8 Å². The zero-order valence-corrected chi connectivity index (χ0v) is 10.5. The minimum absolute atomic E-state index is 0.0661. The van der Waals surface area contributed by atoms with Crippen LogP contribution in [0.1, 0.15) is 31.7 Å². The van der Waals surface area contributed by atoms with Crippen molar-refractivity contribution in [3.8, 4) is 0 Å². The molecule has 1 aromatic rings. The van der Waals surface area contributed by atoms with E-state index in [9.17, 15) is 18.3 Å². The Bertz CT molecular complexity index is 421. The number of pyridine rings is 1. The van der Waals surface area contributed by atoms with Gasteiger partial charge >= 0.3 is 6.18 Å². The van der Waals surface area contributed by atoms with Gasteiger partial charge in [0.1, 0.15) is 5.82 Å². The second-order valence-corrected chi connectivity index (χ2v) is 4.77. The Balaban J connectivity index is 2.76. The van der Waals surface area contributed by atoms with Crippen LogP contribution in [0.2, 0.25) is 5.02 Å². The summed E-state index contributed by atoms with van der Waals surface area (Å²) >= 11 is 5.72. The van der Waals surface area contributed by atoms with Crippen LogP contribution < -0.4 is 5.73 Å². The summed E-state index contributed by atoms with van der Waals surface area (Å²) in [6, 6.07) is 1.41. The van der Waals surface area contributed by atoms with Gasteiger partial charge in [0.25, 0.3) is 0 Å². The predicted molar refractivity (Wildman–Crippen MR) is 63.1 cm³/mol. The molecule has 18 heavy (non-hydrogen) atoms. The lowest BCUT2D eigenvalue weighted by atomic mass is 9.91. The van der Waals surface area contributed by atoms with Crippen LogP contribution >= 0.6 is 11.6 Å². The number of anilines is 1. The molecule has 3 N–H and O–H groups in total. The number of hydrogen-bond donors (Lipinski definition) is 2. The molecule has 0 spiro atoms. The Kier molecular flexibility index (Phi) is 4.45. The fourth-order valence-corrected chi connectivity index (χ4v) is 1.81. The second kappa shape index (κ2) is 5.32. The first-order valence-electron chi connectivity index (χ1n) is 5.32. The van der Waals surface area contributed by atoms with Gasteiger partial charge in [-0.15, -0.1) is 0 Å².